The van der Waals surface area contributed by atoms with Crippen LogP contribution in [0.3, 0.4) is 0 Å². The maximum absolute atomic E-state index is 5.62. The largest absolute Gasteiger partial charge is 0.497 e. The monoisotopic (exact) mass is 259 g/mol. The number of benzene rings is 1. The first-order valence-corrected chi connectivity index (χ1v) is 6.64. The molecule has 0 radical (unpaired) electrons. The van der Waals surface area contributed by atoms with E-state index in [1.165, 1.54) is 11.3 Å². The highest BCUT2D eigenvalue weighted by Crippen LogP contribution is 2.15. The summed E-state index contributed by atoms with van der Waals surface area (Å²) >= 11 is 0. The molecule has 0 aliphatic heterocycles. The van der Waals surface area contributed by atoms with Gasteiger partial charge in [0.2, 0.25) is 0 Å². The molecule has 1 aromatic heterocycles. The lowest BCUT2D eigenvalue weighted by atomic mass is 10.1. The molecule has 0 saturated heterocycles. The molecule has 102 valence electrons. The van der Waals surface area contributed by atoms with Crippen molar-refractivity contribution in [2.45, 2.75) is 26.3 Å². The number of hydrogen-bond acceptors (Lipinski definition) is 3. The number of aromatic nitrogens is 2. The van der Waals surface area contributed by atoms with Gasteiger partial charge in [-0.15, -0.1) is 0 Å². The summed E-state index contributed by atoms with van der Waals surface area (Å²) in [6.45, 7) is 3.73. The van der Waals surface area contributed by atoms with Crippen molar-refractivity contribution in [1.82, 2.24) is 9.55 Å². The van der Waals surface area contributed by atoms with Crippen molar-refractivity contribution in [3.8, 4) is 5.75 Å². The number of ether oxygens (including phenoxy) is 1. The average molecular weight is 259 g/mol. The van der Waals surface area contributed by atoms with Crippen LogP contribution in [0, 0.1) is 0 Å². The molecule has 1 heterocycles. The van der Waals surface area contributed by atoms with E-state index in [4.69, 9.17) is 10.5 Å². The molecule has 0 fully saturated rings. The SMILES string of the molecule is CCn1c(CCN)cnc1Cc1ccc(OC)cc1. The van der Waals surface area contributed by atoms with Crippen molar-refractivity contribution < 1.29 is 4.74 Å². The summed E-state index contributed by atoms with van der Waals surface area (Å²) < 4.78 is 7.41. The highest BCUT2D eigenvalue weighted by molar-refractivity contribution is 5.29. The molecule has 0 atom stereocenters. The third-order valence-electron chi connectivity index (χ3n) is 3.26. The highest BCUT2D eigenvalue weighted by Gasteiger charge is 2.08. The van der Waals surface area contributed by atoms with Gasteiger partial charge < -0.3 is 15.0 Å². The van der Waals surface area contributed by atoms with Gasteiger partial charge in [-0.3, -0.25) is 0 Å². The molecule has 0 unspecified atom stereocenters. The van der Waals surface area contributed by atoms with Crippen LogP contribution in [0.4, 0.5) is 0 Å². The second-order valence-corrected chi connectivity index (χ2v) is 4.47. The molecule has 0 bridgehead atoms. The Kier molecular flexibility index (Phi) is 4.58. The fourth-order valence-corrected chi connectivity index (χ4v) is 2.25. The molecule has 2 N–H and O–H groups in total. The molecule has 1 aromatic carbocycles. The Labute approximate surface area is 114 Å². The van der Waals surface area contributed by atoms with Crippen LogP contribution in [0.15, 0.2) is 30.5 Å². The Bertz CT molecular complexity index is 517. The third kappa shape index (κ3) is 3.15. The lowest BCUT2D eigenvalue weighted by Gasteiger charge is -2.09. The van der Waals surface area contributed by atoms with Crippen LogP contribution in [0.2, 0.25) is 0 Å². The molecule has 2 rings (SSSR count). The maximum Gasteiger partial charge on any atom is 0.118 e. The van der Waals surface area contributed by atoms with E-state index in [2.05, 4.69) is 28.6 Å². The van der Waals surface area contributed by atoms with Gasteiger partial charge in [-0.1, -0.05) is 12.1 Å². The normalized spacial score (nSPS) is 10.7. The van der Waals surface area contributed by atoms with Crippen LogP contribution >= 0.6 is 0 Å². The van der Waals surface area contributed by atoms with Crippen molar-refractivity contribution in [3.05, 3.63) is 47.5 Å². The van der Waals surface area contributed by atoms with Crippen LogP contribution in [-0.2, 0) is 19.4 Å². The van der Waals surface area contributed by atoms with Gasteiger partial charge in [-0.25, -0.2) is 4.98 Å². The number of rotatable bonds is 6. The quantitative estimate of drug-likeness (QED) is 0.863. The maximum atomic E-state index is 5.62. The molecule has 0 amide bonds. The Morgan fingerprint density at radius 2 is 2.00 bits per heavy atom. The van der Waals surface area contributed by atoms with Crippen molar-refractivity contribution in [3.63, 3.8) is 0 Å². The average Bonchev–Trinajstić information content (AvgIpc) is 2.82. The van der Waals surface area contributed by atoms with E-state index >= 15 is 0 Å². The molecule has 4 heteroatoms. The summed E-state index contributed by atoms with van der Waals surface area (Å²) in [7, 11) is 1.68. The minimum Gasteiger partial charge on any atom is -0.497 e. The van der Waals surface area contributed by atoms with Gasteiger partial charge in [0, 0.05) is 31.3 Å². The zero-order valence-corrected chi connectivity index (χ0v) is 11.6. The molecule has 0 aliphatic carbocycles. The summed E-state index contributed by atoms with van der Waals surface area (Å²) in [6.07, 6.45) is 3.65. The van der Waals surface area contributed by atoms with E-state index < -0.39 is 0 Å². The van der Waals surface area contributed by atoms with Crippen molar-refractivity contribution in [2.24, 2.45) is 5.73 Å². The fourth-order valence-electron chi connectivity index (χ4n) is 2.25. The Hall–Kier alpha value is -1.81. The molecular formula is C15H21N3O. The van der Waals surface area contributed by atoms with Gasteiger partial charge in [-0.05, 0) is 31.2 Å². The van der Waals surface area contributed by atoms with E-state index in [9.17, 15) is 0 Å². The van der Waals surface area contributed by atoms with Crippen LogP contribution in [0.1, 0.15) is 24.0 Å². The Morgan fingerprint density at radius 1 is 1.26 bits per heavy atom. The minimum absolute atomic E-state index is 0.660. The van der Waals surface area contributed by atoms with Crippen LogP contribution < -0.4 is 10.5 Å². The molecule has 0 spiro atoms. The zero-order chi connectivity index (χ0) is 13.7. The smallest absolute Gasteiger partial charge is 0.118 e. The lowest BCUT2D eigenvalue weighted by Crippen LogP contribution is -2.10. The first-order valence-electron chi connectivity index (χ1n) is 6.64. The summed E-state index contributed by atoms with van der Waals surface area (Å²) in [5.74, 6) is 1.97. The highest BCUT2D eigenvalue weighted by atomic mass is 16.5. The molecular weight excluding hydrogens is 238 g/mol. The number of nitrogens with two attached hydrogens (primary N) is 1. The van der Waals surface area contributed by atoms with Crippen LogP contribution in [-0.4, -0.2) is 23.2 Å². The van der Waals surface area contributed by atoms with Gasteiger partial charge in [0.25, 0.3) is 0 Å². The number of methoxy groups -OCH3 is 1. The first kappa shape index (κ1) is 13.6. The van der Waals surface area contributed by atoms with Crippen molar-refractivity contribution in [2.75, 3.05) is 13.7 Å². The summed E-state index contributed by atoms with van der Waals surface area (Å²) in [6, 6.07) is 8.12. The topological polar surface area (TPSA) is 53.1 Å². The summed E-state index contributed by atoms with van der Waals surface area (Å²) in [5.41, 5.74) is 8.08. The van der Waals surface area contributed by atoms with E-state index in [1.54, 1.807) is 7.11 Å². The standard InChI is InChI=1S/C15H21N3O/c1-3-18-13(8-9-16)11-17-15(18)10-12-4-6-14(19-2)7-5-12/h4-7,11H,3,8-10,16H2,1-2H3. The molecule has 4 nitrogen and oxygen atoms in total. The number of hydrogen-bond donors (Lipinski definition) is 1. The second kappa shape index (κ2) is 6.38. The fraction of sp³-hybridized carbons (Fsp3) is 0.400. The van der Waals surface area contributed by atoms with Gasteiger partial charge in [0.1, 0.15) is 11.6 Å². The van der Waals surface area contributed by atoms with E-state index in [0.717, 1.165) is 31.0 Å². The van der Waals surface area contributed by atoms with Gasteiger partial charge in [0.15, 0.2) is 0 Å². The second-order valence-electron chi connectivity index (χ2n) is 4.47. The van der Waals surface area contributed by atoms with Crippen LogP contribution in [0.25, 0.3) is 0 Å². The third-order valence-corrected chi connectivity index (χ3v) is 3.26. The summed E-state index contributed by atoms with van der Waals surface area (Å²) in [4.78, 5) is 4.52. The van der Waals surface area contributed by atoms with Crippen molar-refractivity contribution in [1.29, 1.82) is 0 Å². The first-order chi connectivity index (χ1) is 9.28. The molecule has 19 heavy (non-hydrogen) atoms. The van der Waals surface area contributed by atoms with Gasteiger partial charge >= 0.3 is 0 Å². The summed E-state index contributed by atoms with van der Waals surface area (Å²) in [5, 5.41) is 0. The Balaban J connectivity index is 2.17. The predicted molar refractivity (Wildman–Crippen MR) is 76.5 cm³/mol. The lowest BCUT2D eigenvalue weighted by molar-refractivity contribution is 0.414. The number of imidazole rings is 1. The molecule has 0 aliphatic rings. The number of nitrogens with zero attached hydrogens (tertiary/aromatic N) is 2. The minimum atomic E-state index is 0.660. The Morgan fingerprint density at radius 3 is 2.58 bits per heavy atom. The van der Waals surface area contributed by atoms with E-state index in [-0.39, 0.29) is 0 Å². The zero-order valence-electron chi connectivity index (χ0n) is 11.6. The molecule has 0 saturated carbocycles. The predicted octanol–water partition coefficient (Wildman–Crippen LogP) is 2.00. The van der Waals surface area contributed by atoms with Crippen molar-refractivity contribution >= 4 is 0 Å². The van der Waals surface area contributed by atoms with Gasteiger partial charge in [-0.2, -0.15) is 0 Å². The van der Waals surface area contributed by atoms with E-state index in [1.807, 2.05) is 18.3 Å². The van der Waals surface area contributed by atoms with Gasteiger partial charge in [0.05, 0.1) is 7.11 Å². The molecule has 2 aromatic rings. The van der Waals surface area contributed by atoms with Crippen LogP contribution in [0.5, 0.6) is 5.75 Å². The van der Waals surface area contributed by atoms with E-state index in [0.29, 0.717) is 6.54 Å².